The molecule has 0 aliphatic rings. The maximum Gasteiger partial charge on any atom is 0.0668 e. The molecule has 0 radical (unpaired) electrons. The van der Waals surface area contributed by atoms with Gasteiger partial charge in [-0.05, 0) is 50.2 Å². The van der Waals surface area contributed by atoms with E-state index in [9.17, 15) is 0 Å². The first kappa shape index (κ1) is 12.6. The van der Waals surface area contributed by atoms with Crippen LogP contribution in [-0.2, 0) is 0 Å². The second-order valence-corrected chi connectivity index (χ2v) is 5.89. The summed E-state index contributed by atoms with van der Waals surface area (Å²) in [6, 6.07) is 10.5. The van der Waals surface area contributed by atoms with Crippen LogP contribution in [0.2, 0.25) is 5.02 Å². The summed E-state index contributed by atoms with van der Waals surface area (Å²) in [5, 5.41) is 4.14. The smallest absolute Gasteiger partial charge is 0.0668 e. The van der Waals surface area contributed by atoms with Crippen molar-refractivity contribution in [2.75, 3.05) is 7.05 Å². The van der Waals surface area contributed by atoms with E-state index in [1.165, 1.54) is 20.9 Å². The maximum absolute atomic E-state index is 5.92. The highest BCUT2D eigenvalue weighted by Crippen LogP contribution is 2.30. The molecule has 0 saturated heterocycles. The van der Waals surface area contributed by atoms with Gasteiger partial charge in [-0.1, -0.05) is 23.7 Å². The second kappa shape index (κ2) is 5.21. The molecule has 0 fully saturated rings. The summed E-state index contributed by atoms with van der Waals surface area (Å²) >= 11 is 7.77. The zero-order valence-electron chi connectivity index (χ0n) is 10.3. The van der Waals surface area contributed by atoms with Gasteiger partial charge in [0.2, 0.25) is 0 Å². The number of hydrogen-bond donors (Lipinski definition) is 1. The van der Waals surface area contributed by atoms with Crippen LogP contribution in [0.15, 0.2) is 30.3 Å². The van der Waals surface area contributed by atoms with Gasteiger partial charge in [-0.25, -0.2) is 0 Å². The predicted molar refractivity (Wildman–Crippen MR) is 76.1 cm³/mol. The third kappa shape index (κ3) is 2.71. The zero-order valence-corrected chi connectivity index (χ0v) is 11.8. The van der Waals surface area contributed by atoms with Crippen LogP contribution in [0.1, 0.15) is 26.9 Å². The quantitative estimate of drug-likeness (QED) is 0.871. The first-order chi connectivity index (χ1) is 8.11. The molecule has 0 bridgehead atoms. The molecule has 17 heavy (non-hydrogen) atoms. The molecule has 0 aliphatic carbocycles. The maximum atomic E-state index is 5.92. The van der Waals surface area contributed by atoms with Gasteiger partial charge in [0, 0.05) is 14.8 Å². The minimum absolute atomic E-state index is 0.254. The molecule has 1 aromatic heterocycles. The van der Waals surface area contributed by atoms with Gasteiger partial charge in [-0.2, -0.15) is 0 Å². The Balaban J connectivity index is 2.36. The molecule has 3 heteroatoms. The van der Waals surface area contributed by atoms with E-state index in [-0.39, 0.29) is 6.04 Å². The van der Waals surface area contributed by atoms with E-state index in [0.29, 0.717) is 0 Å². The first-order valence-electron chi connectivity index (χ1n) is 5.61. The van der Waals surface area contributed by atoms with Crippen molar-refractivity contribution in [1.29, 1.82) is 0 Å². The Labute approximate surface area is 111 Å². The SMILES string of the molecule is CNC(c1ccc(Cl)cc1)c1cc(C)c(C)s1. The summed E-state index contributed by atoms with van der Waals surface area (Å²) in [7, 11) is 1.99. The highest BCUT2D eigenvalue weighted by Gasteiger charge is 2.14. The lowest BCUT2D eigenvalue weighted by molar-refractivity contribution is 0.703. The monoisotopic (exact) mass is 265 g/mol. The average Bonchev–Trinajstić information content (AvgIpc) is 2.63. The summed E-state index contributed by atoms with van der Waals surface area (Å²) in [5.41, 5.74) is 2.61. The first-order valence-corrected chi connectivity index (χ1v) is 6.81. The van der Waals surface area contributed by atoms with E-state index in [4.69, 9.17) is 11.6 Å². The Kier molecular flexibility index (Phi) is 3.87. The Morgan fingerprint density at radius 2 is 1.82 bits per heavy atom. The number of benzene rings is 1. The van der Waals surface area contributed by atoms with E-state index in [1.54, 1.807) is 0 Å². The number of aryl methyl sites for hydroxylation is 2. The van der Waals surface area contributed by atoms with Gasteiger partial charge in [0.05, 0.1) is 6.04 Å². The molecular formula is C14H16ClNS. The van der Waals surface area contributed by atoms with Crippen LogP contribution in [-0.4, -0.2) is 7.05 Å². The normalized spacial score (nSPS) is 12.7. The molecule has 1 atom stereocenters. The molecule has 0 spiro atoms. The van der Waals surface area contributed by atoms with Crippen molar-refractivity contribution in [3.8, 4) is 0 Å². The van der Waals surface area contributed by atoms with Crippen LogP contribution in [0.25, 0.3) is 0 Å². The summed E-state index contributed by atoms with van der Waals surface area (Å²) < 4.78 is 0. The molecule has 1 nitrogen and oxygen atoms in total. The lowest BCUT2D eigenvalue weighted by atomic mass is 10.1. The van der Waals surface area contributed by atoms with Crippen molar-refractivity contribution in [2.45, 2.75) is 19.9 Å². The highest BCUT2D eigenvalue weighted by molar-refractivity contribution is 7.12. The zero-order chi connectivity index (χ0) is 12.4. The number of halogens is 1. The van der Waals surface area contributed by atoms with Gasteiger partial charge in [-0.3, -0.25) is 0 Å². The van der Waals surface area contributed by atoms with Gasteiger partial charge in [0.1, 0.15) is 0 Å². The van der Waals surface area contributed by atoms with E-state index < -0.39 is 0 Å². The molecular weight excluding hydrogens is 250 g/mol. The second-order valence-electron chi connectivity index (χ2n) is 4.16. The fraction of sp³-hybridized carbons (Fsp3) is 0.286. The van der Waals surface area contributed by atoms with Gasteiger partial charge in [0.25, 0.3) is 0 Å². The topological polar surface area (TPSA) is 12.0 Å². The molecule has 1 heterocycles. The van der Waals surface area contributed by atoms with Crippen molar-refractivity contribution >= 4 is 22.9 Å². The minimum atomic E-state index is 0.254. The highest BCUT2D eigenvalue weighted by atomic mass is 35.5. The molecule has 0 saturated carbocycles. The Hall–Kier alpha value is -0.830. The van der Waals surface area contributed by atoms with Gasteiger partial charge >= 0.3 is 0 Å². The molecule has 1 aromatic carbocycles. The van der Waals surface area contributed by atoms with Crippen molar-refractivity contribution in [1.82, 2.24) is 5.32 Å². The molecule has 0 aliphatic heterocycles. The van der Waals surface area contributed by atoms with Crippen molar-refractivity contribution in [2.24, 2.45) is 0 Å². The Bertz CT molecular complexity index is 482. The van der Waals surface area contributed by atoms with Gasteiger partial charge in [0.15, 0.2) is 0 Å². The third-order valence-electron chi connectivity index (χ3n) is 2.96. The average molecular weight is 266 g/mol. The summed E-state index contributed by atoms with van der Waals surface area (Å²) in [6.07, 6.45) is 0. The van der Waals surface area contributed by atoms with Crippen LogP contribution in [0.4, 0.5) is 0 Å². The molecule has 2 aromatic rings. The summed E-state index contributed by atoms with van der Waals surface area (Å²) in [4.78, 5) is 2.74. The number of nitrogens with one attached hydrogen (secondary N) is 1. The predicted octanol–water partition coefficient (Wildman–Crippen LogP) is 4.33. The number of rotatable bonds is 3. The van der Waals surface area contributed by atoms with Gasteiger partial charge in [-0.15, -0.1) is 11.3 Å². The van der Waals surface area contributed by atoms with Crippen LogP contribution in [0.3, 0.4) is 0 Å². The lowest BCUT2D eigenvalue weighted by Gasteiger charge is -2.15. The molecule has 2 rings (SSSR count). The van der Waals surface area contributed by atoms with Gasteiger partial charge < -0.3 is 5.32 Å². The number of hydrogen-bond acceptors (Lipinski definition) is 2. The fourth-order valence-electron chi connectivity index (χ4n) is 1.87. The molecule has 90 valence electrons. The third-order valence-corrected chi connectivity index (χ3v) is 4.43. The molecule has 1 N–H and O–H groups in total. The van der Waals surface area contributed by atoms with Crippen LogP contribution in [0, 0.1) is 13.8 Å². The Morgan fingerprint density at radius 1 is 1.18 bits per heavy atom. The largest absolute Gasteiger partial charge is 0.309 e. The molecule has 1 unspecified atom stereocenters. The Morgan fingerprint density at radius 3 is 2.29 bits per heavy atom. The van der Waals surface area contributed by atoms with Crippen LogP contribution in [0.5, 0.6) is 0 Å². The van der Waals surface area contributed by atoms with Crippen molar-refractivity contribution in [3.63, 3.8) is 0 Å². The summed E-state index contributed by atoms with van der Waals surface area (Å²) in [6.45, 7) is 4.32. The van der Waals surface area contributed by atoms with Crippen LogP contribution < -0.4 is 5.32 Å². The van der Waals surface area contributed by atoms with E-state index in [0.717, 1.165) is 5.02 Å². The standard InChI is InChI=1S/C14H16ClNS/c1-9-8-13(17-10(9)2)14(16-3)11-4-6-12(15)7-5-11/h4-8,14,16H,1-3H3. The molecule has 0 amide bonds. The van der Waals surface area contributed by atoms with Crippen molar-refractivity contribution in [3.05, 3.63) is 56.2 Å². The van der Waals surface area contributed by atoms with E-state index >= 15 is 0 Å². The lowest BCUT2D eigenvalue weighted by Crippen LogP contribution is -2.16. The summed E-state index contributed by atoms with van der Waals surface area (Å²) in [5.74, 6) is 0. The van der Waals surface area contributed by atoms with Crippen molar-refractivity contribution < 1.29 is 0 Å². The number of thiophene rings is 1. The van der Waals surface area contributed by atoms with E-state index in [1.807, 2.05) is 30.5 Å². The van der Waals surface area contributed by atoms with Crippen LogP contribution >= 0.6 is 22.9 Å². The van der Waals surface area contributed by atoms with E-state index in [2.05, 4.69) is 37.4 Å². The minimum Gasteiger partial charge on any atom is -0.309 e. The fourth-order valence-corrected chi connectivity index (χ4v) is 3.18.